The van der Waals surface area contributed by atoms with Crippen molar-refractivity contribution in [2.45, 2.75) is 0 Å². The van der Waals surface area contributed by atoms with E-state index >= 15 is 0 Å². The first-order valence-electron chi connectivity index (χ1n) is 16.2. The van der Waals surface area contributed by atoms with E-state index in [1.807, 2.05) is 6.07 Å². The average Bonchev–Trinajstić information content (AvgIpc) is 3.14. The second-order valence-corrected chi connectivity index (χ2v) is 12.5. The Bertz CT molecular complexity index is 2700. The standard InChI is InChI=1S/C46H28O/c1-2-9-32-26-34(21-18-29(32)8-1)37-25-24-35-27-33(22-23-36(35)28-37)30-16-19-31(20-17-30)44-40-12-4-3-10-38(40)41-13-7-14-42-39-11-5-6-15-43(39)47-46(44)45(41)42/h1-28H. The maximum absolute atomic E-state index is 6.77. The monoisotopic (exact) mass is 596 g/mol. The number of rotatable bonds is 3. The second kappa shape index (κ2) is 10.2. The highest BCUT2D eigenvalue weighted by molar-refractivity contribution is 6.22. The fourth-order valence-corrected chi connectivity index (χ4v) is 7.51. The van der Waals surface area contributed by atoms with E-state index in [1.165, 1.54) is 70.9 Å². The maximum Gasteiger partial charge on any atom is 0.144 e. The van der Waals surface area contributed by atoms with Crippen molar-refractivity contribution in [1.82, 2.24) is 0 Å². The molecule has 47 heavy (non-hydrogen) atoms. The van der Waals surface area contributed by atoms with Crippen LogP contribution < -0.4 is 4.74 Å². The molecule has 0 atom stereocenters. The summed E-state index contributed by atoms with van der Waals surface area (Å²) in [6, 6.07) is 61.5. The molecule has 0 fully saturated rings. The van der Waals surface area contributed by atoms with Gasteiger partial charge in [0.15, 0.2) is 0 Å². The van der Waals surface area contributed by atoms with Crippen molar-refractivity contribution in [2.24, 2.45) is 0 Å². The Balaban J connectivity index is 1.06. The summed E-state index contributed by atoms with van der Waals surface area (Å²) in [6.45, 7) is 0. The van der Waals surface area contributed by atoms with Crippen molar-refractivity contribution in [3.63, 3.8) is 0 Å². The Kier molecular flexibility index (Phi) is 5.64. The number of benzene rings is 9. The van der Waals surface area contributed by atoms with Crippen LogP contribution in [0.3, 0.4) is 0 Å². The lowest BCUT2D eigenvalue weighted by molar-refractivity contribution is 0.489. The SMILES string of the molecule is c1ccc2c(c1)Oc1c(-c3ccc(-c4ccc5cc(-c6ccc7ccccc7c6)ccc5c4)cc3)c3ccccc3c3cccc-2c13. The Morgan fingerprint density at radius 3 is 1.60 bits per heavy atom. The maximum atomic E-state index is 6.77. The summed E-state index contributed by atoms with van der Waals surface area (Å²) in [4.78, 5) is 0. The molecule has 0 saturated heterocycles. The van der Waals surface area contributed by atoms with Crippen LogP contribution in [0.5, 0.6) is 11.5 Å². The van der Waals surface area contributed by atoms with Crippen molar-refractivity contribution in [1.29, 1.82) is 0 Å². The van der Waals surface area contributed by atoms with E-state index < -0.39 is 0 Å². The zero-order valence-corrected chi connectivity index (χ0v) is 25.6. The van der Waals surface area contributed by atoms with Crippen molar-refractivity contribution in [3.05, 3.63) is 170 Å². The number of para-hydroxylation sites is 1. The van der Waals surface area contributed by atoms with Crippen molar-refractivity contribution in [2.75, 3.05) is 0 Å². The molecule has 1 aliphatic heterocycles. The summed E-state index contributed by atoms with van der Waals surface area (Å²) in [7, 11) is 0. The van der Waals surface area contributed by atoms with Crippen LogP contribution in [-0.2, 0) is 0 Å². The van der Waals surface area contributed by atoms with Gasteiger partial charge in [-0.25, -0.2) is 0 Å². The lowest BCUT2D eigenvalue weighted by Gasteiger charge is -2.25. The van der Waals surface area contributed by atoms with Crippen molar-refractivity contribution < 1.29 is 4.74 Å². The minimum atomic E-state index is 0.903. The van der Waals surface area contributed by atoms with Gasteiger partial charge in [0.1, 0.15) is 11.5 Å². The first kappa shape index (κ1) is 26.1. The van der Waals surface area contributed by atoms with E-state index in [0.717, 1.165) is 28.2 Å². The topological polar surface area (TPSA) is 9.23 Å². The molecule has 0 aliphatic carbocycles. The minimum absolute atomic E-state index is 0.903. The lowest BCUT2D eigenvalue weighted by atomic mass is 9.86. The summed E-state index contributed by atoms with van der Waals surface area (Å²) in [5.41, 5.74) is 9.54. The molecule has 0 radical (unpaired) electrons. The van der Waals surface area contributed by atoms with Gasteiger partial charge in [0.25, 0.3) is 0 Å². The fraction of sp³-hybridized carbons (Fsp3) is 0. The van der Waals surface area contributed by atoms with Crippen LogP contribution >= 0.6 is 0 Å². The van der Waals surface area contributed by atoms with Crippen LogP contribution in [0.4, 0.5) is 0 Å². The quantitative estimate of drug-likeness (QED) is 0.184. The van der Waals surface area contributed by atoms with E-state index in [-0.39, 0.29) is 0 Å². The molecule has 0 aromatic heterocycles. The highest BCUT2D eigenvalue weighted by atomic mass is 16.5. The van der Waals surface area contributed by atoms with Gasteiger partial charge in [-0.3, -0.25) is 0 Å². The van der Waals surface area contributed by atoms with Gasteiger partial charge in [-0.1, -0.05) is 146 Å². The number of fused-ring (bicyclic) bond motifs is 6. The molecule has 9 aromatic carbocycles. The summed E-state index contributed by atoms with van der Waals surface area (Å²) in [5, 5.41) is 9.86. The highest BCUT2D eigenvalue weighted by Gasteiger charge is 2.25. The molecule has 0 amide bonds. The smallest absolute Gasteiger partial charge is 0.144 e. The molecule has 9 aromatic rings. The Labute approximate surface area is 272 Å². The third-order valence-corrected chi connectivity index (χ3v) is 9.82. The van der Waals surface area contributed by atoms with E-state index in [0.29, 0.717) is 0 Å². The normalized spacial score (nSPS) is 12.0. The van der Waals surface area contributed by atoms with Crippen LogP contribution in [0.2, 0.25) is 0 Å². The molecule has 1 heterocycles. The highest BCUT2D eigenvalue weighted by Crippen LogP contribution is 2.53. The molecule has 1 heteroatoms. The Hall–Kier alpha value is -6.18. The zero-order chi connectivity index (χ0) is 30.9. The summed E-state index contributed by atoms with van der Waals surface area (Å²) < 4.78 is 6.77. The van der Waals surface area contributed by atoms with Crippen LogP contribution in [0.25, 0.3) is 87.6 Å². The van der Waals surface area contributed by atoms with E-state index in [9.17, 15) is 0 Å². The molecule has 0 saturated carbocycles. The largest absolute Gasteiger partial charge is 0.455 e. The third-order valence-electron chi connectivity index (χ3n) is 9.82. The number of ether oxygens (including phenoxy) is 1. The van der Waals surface area contributed by atoms with Gasteiger partial charge in [-0.05, 0) is 95.3 Å². The van der Waals surface area contributed by atoms with Gasteiger partial charge in [0.2, 0.25) is 0 Å². The van der Waals surface area contributed by atoms with E-state index in [4.69, 9.17) is 4.74 Å². The molecule has 10 rings (SSSR count). The predicted molar refractivity (Wildman–Crippen MR) is 198 cm³/mol. The van der Waals surface area contributed by atoms with E-state index in [1.54, 1.807) is 0 Å². The minimum Gasteiger partial charge on any atom is -0.455 e. The average molecular weight is 597 g/mol. The van der Waals surface area contributed by atoms with Gasteiger partial charge >= 0.3 is 0 Å². The molecule has 0 unspecified atom stereocenters. The third kappa shape index (κ3) is 4.10. The summed E-state index contributed by atoms with van der Waals surface area (Å²) in [6.07, 6.45) is 0. The summed E-state index contributed by atoms with van der Waals surface area (Å²) in [5.74, 6) is 1.84. The molecule has 1 aliphatic rings. The zero-order valence-electron chi connectivity index (χ0n) is 25.6. The molecule has 218 valence electrons. The number of hydrogen-bond donors (Lipinski definition) is 0. The summed E-state index contributed by atoms with van der Waals surface area (Å²) >= 11 is 0. The Morgan fingerprint density at radius 2 is 0.830 bits per heavy atom. The van der Waals surface area contributed by atoms with Gasteiger partial charge in [0.05, 0.1) is 0 Å². The van der Waals surface area contributed by atoms with E-state index in [2.05, 4.69) is 164 Å². The van der Waals surface area contributed by atoms with Gasteiger partial charge in [-0.15, -0.1) is 0 Å². The molecule has 0 spiro atoms. The first-order chi connectivity index (χ1) is 23.3. The van der Waals surface area contributed by atoms with Gasteiger partial charge < -0.3 is 4.74 Å². The Morgan fingerprint density at radius 1 is 0.319 bits per heavy atom. The molecular weight excluding hydrogens is 569 g/mol. The number of hydrogen-bond acceptors (Lipinski definition) is 1. The lowest BCUT2D eigenvalue weighted by Crippen LogP contribution is -2.00. The van der Waals surface area contributed by atoms with Gasteiger partial charge in [0, 0.05) is 16.5 Å². The van der Waals surface area contributed by atoms with Crippen LogP contribution in [-0.4, -0.2) is 0 Å². The van der Waals surface area contributed by atoms with Crippen LogP contribution in [0, 0.1) is 0 Å². The molecular formula is C46H28O. The van der Waals surface area contributed by atoms with Crippen LogP contribution in [0.1, 0.15) is 0 Å². The van der Waals surface area contributed by atoms with Crippen molar-refractivity contribution in [3.8, 4) is 56.0 Å². The second-order valence-electron chi connectivity index (χ2n) is 12.5. The van der Waals surface area contributed by atoms with Crippen LogP contribution in [0.15, 0.2) is 170 Å². The van der Waals surface area contributed by atoms with Gasteiger partial charge in [-0.2, -0.15) is 0 Å². The molecule has 1 nitrogen and oxygen atoms in total. The molecule has 0 bridgehead atoms. The fourth-order valence-electron chi connectivity index (χ4n) is 7.51. The predicted octanol–water partition coefficient (Wildman–Crippen LogP) is 13.1. The van der Waals surface area contributed by atoms with Crippen molar-refractivity contribution >= 4 is 43.1 Å². The first-order valence-corrected chi connectivity index (χ1v) is 16.2. The molecule has 0 N–H and O–H groups in total.